The Labute approximate surface area is 186 Å². The smallest absolute Gasteiger partial charge is 0.335 e. The van der Waals surface area contributed by atoms with E-state index in [4.69, 9.17) is 10.5 Å². The molecule has 0 saturated carbocycles. The van der Waals surface area contributed by atoms with Gasteiger partial charge in [0.1, 0.15) is 5.75 Å². The third-order valence-electron chi connectivity index (χ3n) is 5.33. The average molecular weight is 431 g/mol. The molecule has 0 fully saturated rings. The van der Waals surface area contributed by atoms with Crippen molar-refractivity contribution in [2.45, 2.75) is 32.7 Å². The summed E-state index contributed by atoms with van der Waals surface area (Å²) in [6.07, 6.45) is 2.85. The van der Waals surface area contributed by atoms with Crippen LogP contribution in [0.15, 0.2) is 60.7 Å². The number of rotatable bonds is 9. The van der Waals surface area contributed by atoms with Crippen LogP contribution in [0.5, 0.6) is 5.75 Å². The lowest BCUT2D eigenvalue weighted by atomic mass is 10.1. The van der Waals surface area contributed by atoms with Gasteiger partial charge in [0.15, 0.2) is 0 Å². The average Bonchev–Trinajstić information content (AvgIpc) is 3.11. The van der Waals surface area contributed by atoms with Gasteiger partial charge in [-0.25, -0.2) is 9.78 Å². The predicted molar refractivity (Wildman–Crippen MR) is 125 cm³/mol. The second kappa shape index (κ2) is 9.51. The van der Waals surface area contributed by atoms with Crippen LogP contribution in [0.3, 0.4) is 0 Å². The molecule has 0 radical (unpaired) electrons. The minimum Gasteiger partial charge on any atom is -0.493 e. The molecule has 0 amide bonds. The lowest BCUT2D eigenvalue weighted by Gasteiger charge is -2.12. The maximum atomic E-state index is 11.4. The molecule has 7 nitrogen and oxygen atoms in total. The first-order chi connectivity index (χ1) is 15.5. The number of carboxylic acid groups (broad SMARTS) is 1. The summed E-state index contributed by atoms with van der Waals surface area (Å²) in [7, 11) is 0. The summed E-state index contributed by atoms with van der Waals surface area (Å²) in [5.41, 5.74) is 10.3. The fourth-order valence-corrected chi connectivity index (χ4v) is 3.79. The summed E-state index contributed by atoms with van der Waals surface area (Å²) >= 11 is 0. The van der Waals surface area contributed by atoms with Crippen LogP contribution in [0.25, 0.3) is 22.3 Å². The Morgan fingerprint density at radius 1 is 1.03 bits per heavy atom. The molecule has 0 aliphatic heterocycles. The van der Waals surface area contributed by atoms with Crippen LogP contribution in [0, 0.1) is 6.92 Å². The minimum absolute atomic E-state index is 0.216. The molecule has 0 atom stereocenters. The van der Waals surface area contributed by atoms with Gasteiger partial charge in [-0.05, 0) is 62.6 Å². The molecular formula is C25H26N4O3. The summed E-state index contributed by atoms with van der Waals surface area (Å²) in [6, 6.07) is 18.7. The molecule has 0 saturated heterocycles. The van der Waals surface area contributed by atoms with Crippen LogP contribution >= 0.6 is 0 Å². The highest BCUT2D eigenvalue weighted by molar-refractivity contribution is 5.89. The molecule has 0 aliphatic carbocycles. The Morgan fingerprint density at radius 3 is 2.66 bits per heavy atom. The molecule has 4 rings (SSSR count). The van der Waals surface area contributed by atoms with Crippen molar-refractivity contribution in [1.29, 1.82) is 0 Å². The molecule has 0 aliphatic rings. The van der Waals surface area contributed by atoms with E-state index in [9.17, 15) is 9.90 Å². The van der Waals surface area contributed by atoms with E-state index in [2.05, 4.69) is 14.5 Å². The van der Waals surface area contributed by atoms with Crippen molar-refractivity contribution in [3.63, 3.8) is 0 Å². The van der Waals surface area contributed by atoms with Crippen LogP contribution in [0.2, 0.25) is 0 Å². The first-order valence-corrected chi connectivity index (χ1v) is 10.7. The fraction of sp³-hybridized carbons (Fsp3) is 0.240. The number of carboxylic acids is 1. The van der Waals surface area contributed by atoms with E-state index in [-0.39, 0.29) is 5.56 Å². The van der Waals surface area contributed by atoms with Crippen LogP contribution in [-0.4, -0.2) is 32.2 Å². The Kier molecular flexibility index (Phi) is 6.35. The second-order valence-electron chi connectivity index (χ2n) is 7.70. The van der Waals surface area contributed by atoms with Crippen LogP contribution in [0.4, 0.5) is 5.95 Å². The number of aromatic carboxylic acids is 1. The summed E-state index contributed by atoms with van der Waals surface area (Å²) < 4.78 is 8.08. The number of fused-ring (bicyclic) bond motifs is 1. The lowest BCUT2D eigenvalue weighted by molar-refractivity contribution is 0.0696. The van der Waals surface area contributed by atoms with Crippen LogP contribution in [0.1, 0.15) is 35.3 Å². The highest BCUT2D eigenvalue weighted by Crippen LogP contribution is 2.29. The molecule has 0 unspecified atom stereocenters. The standard InChI is InChI=1S/C25H26N4O3/c1-17-15-18(24(30)31)16-21(27-17)19-9-3-6-12-23(19)32-14-8-2-7-13-29-22-11-5-4-10-20(22)28-25(29)26/h3-6,9-12,15-16H,2,7-8,13-14H2,1H3,(H2,26,28)(H,30,31). The topological polar surface area (TPSA) is 103 Å². The van der Waals surface area contributed by atoms with Crippen molar-refractivity contribution < 1.29 is 14.6 Å². The number of unbranched alkanes of at least 4 members (excludes halogenated alkanes) is 2. The Bertz CT molecular complexity index is 1250. The number of pyridine rings is 1. The highest BCUT2D eigenvalue weighted by atomic mass is 16.5. The normalized spacial score (nSPS) is 11.0. The molecule has 2 aromatic heterocycles. The number of nitrogen functional groups attached to an aromatic ring is 1. The molecule has 32 heavy (non-hydrogen) atoms. The summed E-state index contributed by atoms with van der Waals surface area (Å²) in [5, 5.41) is 9.35. The van der Waals surface area contributed by atoms with Gasteiger partial charge in [-0.15, -0.1) is 0 Å². The molecule has 4 aromatic rings. The third-order valence-corrected chi connectivity index (χ3v) is 5.33. The summed E-state index contributed by atoms with van der Waals surface area (Å²) in [6.45, 7) is 3.17. The van der Waals surface area contributed by atoms with Gasteiger partial charge in [0.25, 0.3) is 0 Å². The molecule has 2 aromatic carbocycles. The van der Waals surface area contributed by atoms with Gasteiger partial charge >= 0.3 is 5.97 Å². The van der Waals surface area contributed by atoms with Crippen molar-refractivity contribution in [2.75, 3.05) is 12.3 Å². The van der Waals surface area contributed by atoms with E-state index in [0.29, 0.717) is 29.7 Å². The first-order valence-electron chi connectivity index (χ1n) is 10.7. The zero-order valence-electron chi connectivity index (χ0n) is 18.0. The first kappa shape index (κ1) is 21.4. The SMILES string of the molecule is Cc1cc(C(=O)O)cc(-c2ccccc2OCCCCCn2c(N)nc3ccccc32)n1. The van der Waals surface area contributed by atoms with Crippen LogP contribution < -0.4 is 10.5 Å². The number of hydrogen-bond acceptors (Lipinski definition) is 5. The van der Waals surface area contributed by atoms with Crippen LogP contribution in [-0.2, 0) is 6.54 Å². The fourth-order valence-electron chi connectivity index (χ4n) is 3.79. The van der Waals surface area contributed by atoms with Crippen molar-refractivity contribution >= 4 is 23.0 Å². The van der Waals surface area contributed by atoms with Gasteiger partial charge in [-0.1, -0.05) is 24.3 Å². The maximum absolute atomic E-state index is 11.4. The number of benzene rings is 2. The van der Waals surface area contributed by atoms with E-state index < -0.39 is 5.97 Å². The zero-order valence-corrected chi connectivity index (χ0v) is 18.0. The zero-order chi connectivity index (χ0) is 22.5. The number of para-hydroxylation sites is 3. The van der Waals surface area contributed by atoms with Gasteiger partial charge < -0.3 is 20.1 Å². The number of ether oxygens (including phenoxy) is 1. The third kappa shape index (κ3) is 4.72. The molecule has 7 heteroatoms. The molecule has 0 spiro atoms. The largest absolute Gasteiger partial charge is 0.493 e. The number of nitrogens with zero attached hydrogens (tertiary/aromatic N) is 3. The van der Waals surface area contributed by atoms with Crippen molar-refractivity contribution in [3.8, 4) is 17.0 Å². The summed E-state index contributed by atoms with van der Waals surface area (Å²) in [4.78, 5) is 20.3. The van der Waals surface area contributed by atoms with Gasteiger partial charge in [0.05, 0.1) is 28.9 Å². The number of aromatic nitrogens is 3. The number of carbonyl (C=O) groups is 1. The van der Waals surface area contributed by atoms with Crippen molar-refractivity contribution in [3.05, 3.63) is 71.9 Å². The van der Waals surface area contributed by atoms with E-state index in [1.165, 1.54) is 0 Å². The van der Waals surface area contributed by atoms with Crippen molar-refractivity contribution in [2.24, 2.45) is 0 Å². The number of aryl methyl sites for hydroxylation is 2. The number of hydrogen-bond donors (Lipinski definition) is 2. The molecule has 3 N–H and O–H groups in total. The van der Waals surface area contributed by atoms with Gasteiger partial charge in [0, 0.05) is 17.8 Å². The predicted octanol–water partition coefficient (Wildman–Crippen LogP) is 4.94. The molecule has 2 heterocycles. The Balaban J connectivity index is 1.34. The molecule has 164 valence electrons. The highest BCUT2D eigenvalue weighted by Gasteiger charge is 2.12. The second-order valence-corrected chi connectivity index (χ2v) is 7.70. The van der Waals surface area contributed by atoms with Gasteiger partial charge in [-0.2, -0.15) is 0 Å². The maximum Gasteiger partial charge on any atom is 0.335 e. The molecule has 0 bridgehead atoms. The lowest BCUT2D eigenvalue weighted by Crippen LogP contribution is -2.05. The quantitative estimate of drug-likeness (QED) is 0.365. The minimum atomic E-state index is -0.971. The Morgan fingerprint density at radius 2 is 1.81 bits per heavy atom. The Hall–Kier alpha value is -3.87. The molecular weight excluding hydrogens is 404 g/mol. The summed E-state index contributed by atoms with van der Waals surface area (Å²) in [5.74, 6) is 0.274. The number of imidazole rings is 1. The number of anilines is 1. The van der Waals surface area contributed by atoms with E-state index >= 15 is 0 Å². The van der Waals surface area contributed by atoms with Gasteiger partial charge in [0.2, 0.25) is 5.95 Å². The monoisotopic (exact) mass is 430 g/mol. The van der Waals surface area contributed by atoms with E-state index in [0.717, 1.165) is 42.4 Å². The number of nitrogens with two attached hydrogens (primary N) is 1. The van der Waals surface area contributed by atoms with Gasteiger partial charge in [-0.3, -0.25) is 4.98 Å². The van der Waals surface area contributed by atoms with E-state index in [1.807, 2.05) is 48.5 Å². The van der Waals surface area contributed by atoms with E-state index in [1.54, 1.807) is 19.1 Å². The van der Waals surface area contributed by atoms with Crippen molar-refractivity contribution in [1.82, 2.24) is 14.5 Å².